The van der Waals surface area contributed by atoms with Crippen molar-refractivity contribution in [3.8, 4) is 0 Å². The molecule has 0 atom stereocenters. The summed E-state index contributed by atoms with van der Waals surface area (Å²) in [6.45, 7) is 1.90. The fourth-order valence-electron chi connectivity index (χ4n) is 0.817. The van der Waals surface area contributed by atoms with E-state index in [1.807, 2.05) is 6.92 Å². The molecular formula is C7H5BrClIO2S. The normalized spacial score (nSPS) is 11.7. The monoisotopic (exact) mass is 394 g/mol. The van der Waals surface area contributed by atoms with Crippen LogP contribution in [-0.2, 0) is 9.05 Å². The summed E-state index contributed by atoms with van der Waals surface area (Å²) < 4.78 is 23.5. The van der Waals surface area contributed by atoms with Gasteiger partial charge in [0.05, 0.1) is 9.37 Å². The van der Waals surface area contributed by atoms with Crippen LogP contribution in [0.5, 0.6) is 0 Å². The first-order valence-electron chi connectivity index (χ1n) is 3.23. The van der Waals surface area contributed by atoms with Crippen molar-refractivity contribution in [1.29, 1.82) is 0 Å². The van der Waals surface area contributed by atoms with E-state index in [0.29, 0.717) is 4.47 Å². The molecule has 1 aromatic carbocycles. The lowest BCUT2D eigenvalue weighted by Gasteiger charge is -2.04. The lowest BCUT2D eigenvalue weighted by Crippen LogP contribution is -1.95. The van der Waals surface area contributed by atoms with Gasteiger partial charge in [-0.3, -0.25) is 0 Å². The van der Waals surface area contributed by atoms with Crippen LogP contribution >= 0.6 is 49.2 Å². The van der Waals surface area contributed by atoms with Crippen LogP contribution in [-0.4, -0.2) is 8.42 Å². The molecule has 0 unspecified atom stereocenters. The van der Waals surface area contributed by atoms with E-state index < -0.39 is 9.05 Å². The van der Waals surface area contributed by atoms with Gasteiger partial charge in [-0.05, 0) is 57.1 Å². The first-order valence-corrected chi connectivity index (χ1v) is 7.41. The summed E-state index contributed by atoms with van der Waals surface area (Å²) in [4.78, 5) is 0.115. The Balaban J connectivity index is 3.53. The SMILES string of the molecule is Cc1ccc(S(=O)(=O)Cl)c(Br)c1I. The van der Waals surface area contributed by atoms with Gasteiger partial charge in [-0.15, -0.1) is 0 Å². The van der Waals surface area contributed by atoms with Gasteiger partial charge in [-0.1, -0.05) is 6.07 Å². The fourth-order valence-corrected chi connectivity index (χ4v) is 3.77. The Morgan fingerprint density at radius 3 is 2.46 bits per heavy atom. The quantitative estimate of drug-likeness (QED) is 0.540. The smallest absolute Gasteiger partial charge is 0.207 e. The Morgan fingerprint density at radius 2 is 2.00 bits per heavy atom. The second-order valence-corrected chi connectivity index (χ2v) is 6.85. The number of aryl methyl sites for hydroxylation is 1. The molecule has 1 rings (SSSR count). The Labute approximate surface area is 103 Å². The zero-order chi connectivity index (χ0) is 10.2. The van der Waals surface area contributed by atoms with Gasteiger partial charge in [0.25, 0.3) is 9.05 Å². The molecule has 0 amide bonds. The molecule has 2 nitrogen and oxygen atoms in total. The third kappa shape index (κ3) is 2.57. The second-order valence-electron chi connectivity index (χ2n) is 2.45. The topological polar surface area (TPSA) is 34.1 Å². The van der Waals surface area contributed by atoms with Crippen molar-refractivity contribution < 1.29 is 8.42 Å². The average molecular weight is 395 g/mol. The Kier molecular flexibility index (Phi) is 3.65. The summed E-state index contributed by atoms with van der Waals surface area (Å²) in [5, 5.41) is 0. The molecule has 13 heavy (non-hydrogen) atoms. The molecule has 0 aliphatic carbocycles. The van der Waals surface area contributed by atoms with E-state index in [0.717, 1.165) is 9.13 Å². The summed E-state index contributed by atoms with van der Waals surface area (Å²) in [5.41, 5.74) is 1.01. The minimum atomic E-state index is -3.65. The predicted molar refractivity (Wildman–Crippen MR) is 64.6 cm³/mol. The molecule has 0 saturated heterocycles. The van der Waals surface area contributed by atoms with Crippen molar-refractivity contribution in [3.63, 3.8) is 0 Å². The first kappa shape index (κ1) is 11.7. The highest BCUT2D eigenvalue weighted by Gasteiger charge is 2.16. The van der Waals surface area contributed by atoms with Crippen LogP contribution in [0.1, 0.15) is 5.56 Å². The van der Waals surface area contributed by atoms with Crippen molar-refractivity contribution in [1.82, 2.24) is 0 Å². The summed E-state index contributed by atoms with van der Waals surface area (Å²) in [6, 6.07) is 3.21. The maximum absolute atomic E-state index is 11.0. The third-order valence-corrected chi connectivity index (χ3v) is 6.08. The fraction of sp³-hybridized carbons (Fsp3) is 0.143. The lowest BCUT2D eigenvalue weighted by atomic mass is 10.2. The molecular weight excluding hydrogens is 390 g/mol. The van der Waals surface area contributed by atoms with Crippen LogP contribution in [0, 0.1) is 10.5 Å². The van der Waals surface area contributed by atoms with Crippen molar-refractivity contribution in [2.24, 2.45) is 0 Å². The predicted octanol–water partition coefficient (Wildman–Crippen LogP) is 3.29. The van der Waals surface area contributed by atoms with E-state index in [1.165, 1.54) is 6.07 Å². The molecule has 0 fully saturated rings. The van der Waals surface area contributed by atoms with Gasteiger partial charge >= 0.3 is 0 Å². The number of rotatable bonds is 1. The van der Waals surface area contributed by atoms with Crippen LogP contribution in [0.15, 0.2) is 21.5 Å². The minimum absolute atomic E-state index is 0.115. The van der Waals surface area contributed by atoms with Crippen LogP contribution in [0.2, 0.25) is 0 Å². The van der Waals surface area contributed by atoms with Crippen LogP contribution in [0.4, 0.5) is 0 Å². The Bertz CT molecular complexity index is 444. The molecule has 0 N–H and O–H groups in total. The van der Waals surface area contributed by atoms with E-state index in [4.69, 9.17) is 10.7 Å². The van der Waals surface area contributed by atoms with Gasteiger partial charge in [0, 0.05) is 14.3 Å². The largest absolute Gasteiger partial charge is 0.262 e. The van der Waals surface area contributed by atoms with E-state index in [-0.39, 0.29) is 4.90 Å². The molecule has 0 radical (unpaired) electrons. The summed E-state index contributed by atoms with van der Waals surface area (Å²) >= 11 is 5.26. The highest BCUT2D eigenvalue weighted by Crippen LogP contribution is 2.31. The van der Waals surface area contributed by atoms with Crippen LogP contribution < -0.4 is 0 Å². The standard InChI is InChI=1S/C7H5BrClIO2S/c1-4-2-3-5(13(9,11)12)6(8)7(4)10/h2-3H,1H3. The van der Waals surface area contributed by atoms with Gasteiger partial charge in [0.1, 0.15) is 0 Å². The Morgan fingerprint density at radius 1 is 1.46 bits per heavy atom. The summed E-state index contributed by atoms with van der Waals surface area (Å²) in [7, 11) is 1.57. The molecule has 0 saturated carbocycles. The van der Waals surface area contributed by atoms with Crippen molar-refractivity contribution in [2.75, 3.05) is 0 Å². The molecule has 0 heterocycles. The number of halogens is 3. The van der Waals surface area contributed by atoms with Gasteiger partial charge in [-0.2, -0.15) is 0 Å². The first-order chi connectivity index (χ1) is 5.84. The molecule has 6 heteroatoms. The van der Waals surface area contributed by atoms with Crippen molar-refractivity contribution >= 4 is 58.3 Å². The van der Waals surface area contributed by atoms with Gasteiger partial charge < -0.3 is 0 Å². The van der Waals surface area contributed by atoms with E-state index >= 15 is 0 Å². The highest BCUT2D eigenvalue weighted by atomic mass is 127. The summed E-state index contributed by atoms with van der Waals surface area (Å²) in [5.74, 6) is 0. The number of hydrogen-bond donors (Lipinski definition) is 0. The molecule has 1 aromatic rings. The van der Waals surface area contributed by atoms with Crippen molar-refractivity contribution in [2.45, 2.75) is 11.8 Å². The maximum atomic E-state index is 11.0. The van der Waals surface area contributed by atoms with Gasteiger partial charge in [-0.25, -0.2) is 8.42 Å². The van der Waals surface area contributed by atoms with Crippen LogP contribution in [0.25, 0.3) is 0 Å². The van der Waals surface area contributed by atoms with Crippen molar-refractivity contribution in [3.05, 3.63) is 25.7 Å². The molecule has 0 bridgehead atoms. The minimum Gasteiger partial charge on any atom is -0.207 e. The van der Waals surface area contributed by atoms with E-state index in [1.54, 1.807) is 6.07 Å². The van der Waals surface area contributed by atoms with E-state index in [2.05, 4.69) is 38.5 Å². The Hall–Kier alpha value is 0.670. The van der Waals surface area contributed by atoms with Gasteiger partial charge in [0.15, 0.2) is 0 Å². The molecule has 0 spiro atoms. The molecule has 72 valence electrons. The zero-order valence-electron chi connectivity index (χ0n) is 6.51. The molecule has 0 aromatic heterocycles. The average Bonchev–Trinajstić information content (AvgIpc) is 1.98. The summed E-state index contributed by atoms with van der Waals surface area (Å²) in [6.07, 6.45) is 0. The van der Waals surface area contributed by atoms with E-state index in [9.17, 15) is 8.42 Å². The molecule has 0 aliphatic rings. The lowest BCUT2D eigenvalue weighted by molar-refractivity contribution is 0.609. The second kappa shape index (κ2) is 4.04. The molecule has 0 aliphatic heterocycles. The highest BCUT2D eigenvalue weighted by molar-refractivity contribution is 14.1. The van der Waals surface area contributed by atoms with Crippen LogP contribution in [0.3, 0.4) is 0 Å². The zero-order valence-corrected chi connectivity index (χ0v) is 11.8. The third-order valence-electron chi connectivity index (χ3n) is 1.50. The maximum Gasteiger partial charge on any atom is 0.262 e. The van der Waals surface area contributed by atoms with Gasteiger partial charge in [0.2, 0.25) is 0 Å². The number of hydrogen-bond acceptors (Lipinski definition) is 2. The number of benzene rings is 1.